The molecular formula is C11H9N3OS. The van der Waals surface area contributed by atoms with Gasteiger partial charge >= 0.3 is 0 Å². The zero-order valence-corrected chi connectivity index (χ0v) is 9.38. The van der Waals surface area contributed by atoms with Crippen molar-refractivity contribution in [3.05, 3.63) is 35.4 Å². The number of hydrogen-bond acceptors (Lipinski definition) is 5. The van der Waals surface area contributed by atoms with Crippen molar-refractivity contribution in [3.63, 3.8) is 0 Å². The van der Waals surface area contributed by atoms with Crippen LogP contribution < -0.4 is 5.32 Å². The molecule has 2 rings (SSSR count). The van der Waals surface area contributed by atoms with Crippen LogP contribution >= 0.6 is 11.5 Å². The molecule has 0 saturated heterocycles. The van der Waals surface area contributed by atoms with Crippen LogP contribution in [0.1, 0.15) is 11.1 Å². The quantitative estimate of drug-likeness (QED) is 0.833. The topological polar surface area (TPSA) is 68.9 Å². The maximum absolute atomic E-state index is 9.29. The van der Waals surface area contributed by atoms with Crippen LogP contribution in [0, 0.1) is 18.3 Å². The lowest BCUT2D eigenvalue weighted by atomic mass is 10.2. The maximum Gasteiger partial charge on any atom is 0.243 e. The smallest absolute Gasteiger partial charge is 0.243 e. The molecule has 80 valence electrons. The second-order valence-corrected chi connectivity index (χ2v) is 4.09. The number of rotatable bonds is 2. The van der Waals surface area contributed by atoms with Gasteiger partial charge in [0.15, 0.2) is 5.56 Å². The van der Waals surface area contributed by atoms with Crippen LogP contribution in [-0.2, 0) is 0 Å². The van der Waals surface area contributed by atoms with Gasteiger partial charge in [-0.2, -0.15) is 9.64 Å². The molecule has 0 aliphatic heterocycles. The fourth-order valence-corrected chi connectivity index (χ4v) is 1.90. The van der Waals surface area contributed by atoms with Crippen molar-refractivity contribution < 1.29 is 5.11 Å². The SMILES string of the molecule is Cc1ccc(Nc2snc(O)c2C#N)cc1. The maximum atomic E-state index is 9.29. The Morgan fingerprint density at radius 2 is 2.06 bits per heavy atom. The van der Waals surface area contributed by atoms with Crippen molar-refractivity contribution in [3.8, 4) is 11.9 Å². The van der Waals surface area contributed by atoms with Gasteiger partial charge in [-0.1, -0.05) is 17.7 Å². The van der Waals surface area contributed by atoms with Gasteiger partial charge in [-0.05, 0) is 30.6 Å². The Kier molecular flexibility index (Phi) is 2.75. The molecule has 1 aromatic carbocycles. The van der Waals surface area contributed by atoms with E-state index in [4.69, 9.17) is 5.26 Å². The van der Waals surface area contributed by atoms with Crippen LogP contribution in [0.15, 0.2) is 24.3 Å². The monoisotopic (exact) mass is 231 g/mol. The van der Waals surface area contributed by atoms with Crippen molar-refractivity contribution >= 4 is 22.2 Å². The first-order valence-corrected chi connectivity index (χ1v) is 5.40. The molecule has 0 unspecified atom stereocenters. The third kappa shape index (κ3) is 1.97. The van der Waals surface area contributed by atoms with Crippen LogP contribution in [0.25, 0.3) is 0 Å². The molecule has 0 aliphatic carbocycles. The number of aryl methyl sites for hydroxylation is 1. The summed E-state index contributed by atoms with van der Waals surface area (Å²) in [7, 11) is 0. The molecule has 5 heteroatoms. The van der Waals surface area contributed by atoms with Gasteiger partial charge in [-0.15, -0.1) is 0 Å². The van der Waals surface area contributed by atoms with E-state index in [1.54, 1.807) is 0 Å². The molecule has 0 radical (unpaired) electrons. The molecule has 1 aromatic heterocycles. The normalized spacial score (nSPS) is 9.75. The highest BCUT2D eigenvalue weighted by Crippen LogP contribution is 2.31. The summed E-state index contributed by atoms with van der Waals surface area (Å²) in [6.45, 7) is 2.00. The average molecular weight is 231 g/mol. The van der Waals surface area contributed by atoms with E-state index in [2.05, 4.69) is 9.69 Å². The predicted molar refractivity (Wildman–Crippen MR) is 63.0 cm³/mol. The summed E-state index contributed by atoms with van der Waals surface area (Å²) >= 11 is 1.07. The summed E-state index contributed by atoms with van der Waals surface area (Å²) in [5.41, 5.74) is 2.22. The van der Waals surface area contributed by atoms with Gasteiger partial charge < -0.3 is 10.4 Å². The minimum absolute atomic E-state index is 0.186. The highest BCUT2D eigenvalue weighted by Gasteiger charge is 2.12. The summed E-state index contributed by atoms with van der Waals surface area (Å²) in [5.74, 6) is -0.220. The Hall–Kier alpha value is -2.06. The minimum Gasteiger partial charge on any atom is -0.492 e. The van der Waals surface area contributed by atoms with E-state index >= 15 is 0 Å². The molecule has 2 aromatic rings. The number of nitrogens with one attached hydrogen (secondary N) is 1. The molecule has 16 heavy (non-hydrogen) atoms. The Morgan fingerprint density at radius 1 is 1.38 bits per heavy atom. The Bertz CT molecular complexity index is 539. The highest BCUT2D eigenvalue weighted by atomic mass is 32.1. The van der Waals surface area contributed by atoms with E-state index in [0.717, 1.165) is 17.2 Å². The van der Waals surface area contributed by atoms with Gasteiger partial charge in [-0.3, -0.25) is 0 Å². The molecule has 0 aliphatic rings. The summed E-state index contributed by atoms with van der Waals surface area (Å²) < 4.78 is 3.71. The number of nitrogens with zero attached hydrogens (tertiary/aromatic N) is 2. The van der Waals surface area contributed by atoms with E-state index in [1.807, 2.05) is 37.3 Å². The number of anilines is 2. The van der Waals surface area contributed by atoms with Crippen LogP contribution in [0.5, 0.6) is 5.88 Å². The zero-order valence-electron chi connectivity index (χ0n) is 8.56. The van der Waals surface area contributed by atoms with Crippen molar-refractivity contribution in [1.29, 1.82) is 5.26 Å². The molecule has 0 atom stereocenters. The van der Waals surface area contributed by atoms with Crippen LogP contribution in [0.4, 0.5) is 10.7 Å². The minimum atomic E-state index is -0.220. The largest absolute Gasteiger partial charge is 0.492 e. The van der Waals surface area contributed by atoms with E-state index in [0.29, 0.717) is 5.00 Å². The van der Waals surface area contributed by atoms with E-state index < -0.39 is 0 Å². The fraction of sp³-hybridized carbons (Fsp3) is 0.0909. The Morgan fingerprint density at radius 3 is 2.69 bits per heavy atom. The van der Waals surface area contributed by atoms with Gasteiger partial charge in [0.2, 0.25) is 5.88 Å². The predicted octanol–water partition coefficient (Wildman–Crippen LogP) is 2.77. The van der Waals surface area contributed by atoms with Crippen LogP contribution in [0.2, 0.25) is 0 Å². The number of nitriles is 1. The van der Waals surface area contributed by atoms with Gasteiger partial charge in [0, 0.05) is 5.69 Å². The van der Waals surface area contributed by atoms with E-state index in [-0.39, 0.29) is 11.4 Å². The van der Waals surface area contributed by atoms with Gasteiger partial charge in [-0.25, -0.2) is 0 Å². The lowest BCUT2D eigenvalue weighted by Crippen LogP contribution is -1.89. The molecule has 2 N–H and O–H groups in total. The number of benzene rings is 1. The van der Waals surface area contributed by atoms with Gasteiger partial charge in [0.1, 0.15) is 11.1 Å². The number of aromatic hydroxyl groups is 1. The first-order valence-electron chi connectivity index (χ1n) is 4.63. The van der Waals surface area contributed by atoms with Crippen molar-refractivity contribution in [2.75, 3.05) is 5.32 Å². The lowest BCUT2D eigenvalue weighted by Gasteiger charge is -2.03. The molecule has 0 amide bonds. The van der Waals surface area contributed by atoms with Gasteiger partial charge in [0.05, 0.1) is 0 Å². The summed E-state index contributed by atoms with van der Waals surface area (Å²) in [6, 6.07) is 9.67. The van der Waals surface area contributed by atoms with Gasteiger partial charge in [0.25, 0.3) is 0 Å². The molecule has 0 bridgehead atoms. The molecule has 0 spiro atoms. The van der Waals surface area contributed by atoms with Crippen LogP contribution in [0.3, 0.4) is 0 Å². The van der Waals surface area contributed by atoms with Crippen molar-refractivity contribution in [2.45, 2.75) is 6.92 Å². The van der Waals surface area contributed by atoms with Crippen molar-refractivity contribution in [1.82, 2.24) is 4.37 Å². The van der Waals surface area contributed by atoms with E-state index in [9.17, 15) is 5.11 Å². The van der Waals surface area contributed by atoms with E-state index in [1.165, 1.54) is 5.56 Å². The second kappa shape index (κ2) is 4.21. The summed E-state index contributed by atoms with van der Waals surface area (Å²) in [6.07, 6.45) is 0. The summed E-state index contributed by atoms with van der Waals surface area (Å²) in [5, 5.41) is 21.7. The summed E-state index contributed by atoms with van der Waals surface area (Å²) in [4.78, 5) is 0. The molecular weight excluding hydrogens is 222 g/mol. The third-order valence-electron chi connectivity index (χ3n) is 2.10. The fourth-order valence-electron chi connectivity index (χ4n) is 1.24. The Balaban J connectivity index is 2.27. The molecule has 1 heterocycles. The number of aromatic nitrogens is 1. The highest BCUT2D eigenvalue weighted by molar-refractivity contribution is 7.10. The average Bonchev–Trinajstić information content (AvgIpc) is 2.63. The van der Waals surface area contributed by atoms with Crippen LogP contribution in [-0.4, -0.2) is 9.48 Å². The Labute approximate surface area is 97.0 Å². The van der Waals surface area contributed by atoms with Crippen molar-refractivity contribution in [2.24, 2.45) is 0 Å². The molecule has 0 fully saturated rings. The first kappa shape index (κ1) is 10.5. The zero-order chi connectivity index (χ0) is 11.5. The lowest BCUT2D eigenvalue weighted by molar-refractivity contribution is 0.458. The molecule has 0 saturated carbocycles. The second-order valence-electron chi connectivity index (χ2n) is 3.31. The first-order chi connectivity index (χ1) is 7.70. The number of hydrogen-bond donors (Lipinski definition) is 2. The molecule has 4 nitrogen and oxygen atoms in total. The third-order valence-corrected chi connectivity index (χ3v) is 2.85. The standard InChI is InChI=1S/C11H9N3OS/c1-7-2-4-8(5-3-7)13-11-9(6-12)10(15)14-16-11/h2-5,13H,1H3,(H,14,15).